The second-order valence-corrected chi connectivity index (χ2v) is 7.95. The minimum absolute atomic E-state index is 0.333. The van der Waals surface area contributed by atoms with E-state index in [1.165, 1.54) is 58.0 Å². The van der Waals surface area contributed by atoms with Crippen LogP contribution in [-0.4, -0.2) is 23.5 Å². The molecule has 0 saturated carbocycles. The Morgan fingerprint density at radius 2 is 1.11 bits per heavy atom. The van der Waals surface area contributed by atoms with E-state index in [1.54, 1.807) is 0 Å². The van der Waals surface area contributed by atoms with E-state index >= 15 is 0 Å². The number of hydrogen-bond donors (Lipinski definition) is 0. The first kappa shape index (κ1) is 19.0. The van der Waals surface area contributed by atoms with Gasteiger partial charge in [-0.2, -0.15) is 0 Å². The van der Waals surface area contributed by atoms with Gasteiger partial charge in [0.15, 0.2) is 0 Å². The zero-order chi connectivity index (χ0) is 14.9. The first-order valence-electron chi connectivity index (χ1n) is 8.48. The van der Waals surface area contributed by atoms with Crippen LogP contribution in [-0.2, 0) is 0 Å². The molecule has 0 fully saturated rings. The van der Waals surface area contributed by atoms with Crippen LogP contribution in [0.25, 0.3) is 0 Å². The average molecular weight is 270 g/mol. The summed E-state index contributed by atoms with van der Waals surface area (Å²) in [5.41, 5.74) is 0.747. The Morgan fingerprint density at radius 1 is 0.684 bits per heavy atom. The molecular formula is C18H39N. The minimum atomic E-state index is 0.333. The minimum Gasteiger partial charge on any atom is -0.298 e. The lowest BCUT2D eigenvalue weighted by molar-refractivity contribution is 0.0733. The number of hydrogen-bond acceptors (Lipinski definition) is 1. The van der Waals surface area contributed by atoms with Crippen LogP contribution in [0.5, 0.6) is 0 Å². The predicted octanol–water partition coefficient (Wildman–Crippen LogP) is 5.88. The second kappa shape index (κ2) is 9.00. The summed E-state index contributed by atoms with van der Waals surface area (Å²) >= 11 is 0. The van der Waals surface area contributed by atoms with Crippen molar-refractivity contribution in [1.82, 2.24) is 4.90 Å². The van der Waals surface area contributed by atoms with Crippen molar-refractivity contribution in [2.45, 2.75) is 99.0 Å². The van der Waals surface area contributed by atoms with Crippen LogP contribution in [0.1, 0.15) is 93.4 Å². The summed E-state index contributed by atoms with van der Waals surface area (Å²) in [4.78, 5) is 2.75. The summed E-state index contributed by atoms with van der Waals surface area (Å²) in [7, 11) is 0. The molecule has 0 radical (unpaired) electrons. The quantitative estimate of drug-likeness (QED) is 0.447. The standard InChI is InChI=1S/C18H39N/c1-8-10-12-14-19(15-13-11-9-2)18(6,7)16-17(3,4)5/h8-16H2,1-7H3. The molecule has 0 saturated heterocycles. The smallest absolute Gasteiger partial charge is 0.0158 e. The highest BCUT2D eigenvalue weighted by molar-refractivity contribution is 4.86. The molecule has 0 aromatic heterocycles. The Hall–Kier alpha value is -0.0400. The van der Waals surface area contributed by atoms with Crippen molar-refractivity contribution in [1.29, 1.82) is 0 Å². The number of rotatable bonds is 10. The van der Waals surface area contributed by atoms with Gasteiger partial charge in [-0.1, -0.05) is 60.3 Å². The second-order valence-electron chi connectivity index (χ2n) is 7.95. The molecular weight excluding hydrogens is 230 g/mol. The molecule has 0 aliphatic carbocycles. The predicted molar refractivity (Wildman–Crippen MR) is 88.8 cm³/mol. The van der Waals surface area contributed by atoms with Gasteiger partial charge in [0, 0.05) is 5.54 Å². The van der Waals surface area contributed by atoms with Crippen molar-refractivity contribution in [3.63, 3.8) is 0 Å². The van der Waals surface area contributed by atoms with Crippen LogP contribution in [0.15, 0.2) is 0 Å². The summed E-state index contributed by atoms with van der Waals surface area (Å²) in [5.74, 6) is 0. The van der Waals surface area contributed by atoms with E-state index in [0.29, 0.717) is 11.0 Å². The van der Waals surface area contributed by atoms with Crippen LogP contribution in [0.3, 0.4) is 0 Å². The van der Waals surface area contributed by atoms with Gasteiger partial charge in [-0.15, -0.1) is 0 Å². The molecule has 0 bridgehead atoms. The molecule has 0 atom stereocenters. The lowest BCUT2D eigenvalue weighted by atomic mass is 9.80. The van der Waals surface area contributed by atoms with Crippen LogP contribution in [0.2, 0.25) is 0 Å². The maximum Gasteiger partial charge on any atom is 0.0158 e. The molecule has 116 valence electrons. The third-order valence-corrected chi connectivity index (χ3v) is 3.88. The van der Waals surface area contributed by atoms with Crippen molar-refractivity contribution in [2.24, 2.45) is 5.41 Å². The Labute approximate surface area is 123 Å². The molecule has 1 heteroatoms. The van der Waals surface area contributed by atoms with Crippen LogP contribution in [0, 0.1) is 5.41 Å². The van der Waals surface area contributed by atoms with E-state index in [0.717, 1.165) is 0 Å². The molecule has 0 unspecified atom stereocenters. The summed E-state index contributed by atoms with van der Waals surface area (Å²) in [5, 5.41) is 0. The Bertz CT molecular complexity index is 202. The van der Waals surface area contributed by atoms with Gasteiger partial charge in [0.1, 0.15) is 0 Å². The van der Waals surface area contributed by atoms with Gasteiger partial charge in [0.2, 0.25) is 0 Å². The van der Waals surface area contributed by atoms with Crippen LogP contribution < -0.4 is 0 Å². The molecule has 0 aromatic carbocycles. The van der Waals surface area contributed by atoms with Crippen molar-refractivity contribution < 1.29 is 0 Å². The highest BCUT2D eigenvalue weighted by Gasteiger charge is 2.30. The average Bonchev–Trinajstić information content (AvgIpc) is 2.24. The number of unbranched alkanes of at least 4 members (excludes halogenated alkanes) is 4. The lowest BCUT2D eigenvalue weighted by Crippen LogP contribution is -2.47. The van der Waals surface area contributed by atoms with Crippen molar-refractivity contribution in [3.05, 3.63) is 0 Å². The van der Waals surface area contributed by atoms with E-state index in [1.807, 2.05) is 0 Å². The van der Waals surface area contributed by atoms with Crippen molar-refractivity contribution in [3.8, 4) is 0 Å². The molecule has 0 amide bonds. The van der Waals surface area contributed by atoms with Gasteiger partial charge >= 0.3 is 0 Å². The molecule has 0 aliphatic heterocycles. The summed E-state index contributed by atoms with van der Waals surface area (Å²) in [6.07, 6.45) is 9.38. The van der Waals surface area contributed by atoms with E-state index in [9.17, 15) is 0 Å². The fourth-order valence-corrected chi connectivity index (χ4v) is 3.23. The third kappa shape index (κ3) is 9.49. The van der Waals surface area contributed by atoms with E-state index < -0.39 is 0 Å². The van der Waals surface area contributed by atoms with Gasteiger partial charge in [0.25, 0.3) is 0 Å². The fourth-order valence-electron chi connectivity index (χ4n) is 3.23. The van der Waals surface area contributed by atoms with E-state index in [4.69, 9.17) is 0 Å². The molecule has 1 nitrogen and oxygen atoms in total. The lowest BCUT2D eigenvalue weighted by Gasteiger charge is -2.42. The van der Waals surface area contributed by atoms with Gasteiger partial charge in [-0.05, 0) is 51.6 Å². The van der Waals surface area contributed by atoms with Gasteiger partial charge < -0.3 is 0 Å². The maximum atomic E-state index is 2.75. The van der Waals surface area contributed by atoms with Gasteiger partial charge in [0.05, 0.1) is 0 Å². The SMILES string of the molecule is CCCCCN(CCCCC)C(C)(C)CC(C)(C)C. The van der Waals surface area contributed by atoms with Crippen LogP contribution in [0.4, 0.5) is 0 Å². The Morgan fingerprint density at radius 3 is 1.42 bits per heavy atom. The summed E-state index contributed by atoms with van der Waals surface area (Å²) in [6.45, 7) is 19.1. The Kier molecular flexibility index (Phi) is 8.98. The van der Waals surface area contributed by atoms with E-state index in [2.05, 4.69) is 53.4 Å². The molecule has 19 heavy (non-hydrogen) atoms. The molecule has 0 heterocycles. The molecule has 0 N–H and O–H groups in total. The highest BCUT2D eigenvalue weighted by Crippen LogP contribution is 2.31. The summed E-state index contributed by atoms with van der Waals surface area (Å²) < 4.78 is 0. The molecule has 0 aromatic rings. The largest absolute Gasteiger partial charge is 0.298 e. The van der Waals surface area contributed by atoms with Gasteiger partial charge in [-0.25, -0.2) is 0 Å². The summed E-state index contributed by atoms with van der Waals surface area (Å²) in [6, 6.07) is 0. The van der Waals surface area contributed by atoms with Gasteiger partial charge in [-0.3, -0.25) is 4.90 Å². The normalized spacial score (nSPS) is 13.3. The molecule has 0 rings (SSSR count). The van der Waals surface area contributed by atoms with Crippen molar-refractivity contribution >= 4 is 0 Å². The monoisotopic (exact) mass is 269 g/mol. The first-order chi connectivity index (χ1) is 8.73. The van der Waals surface area contributed by atoms with Crippen LogP contribution >= 0.6 is 0 Å². The third-order valence-electron chi connectivity index (χ3n) is 3.88. The number of nitrogens with zero attached hydrogens (tertiary/aromatic N) is 1. The highest BCUT2D eigenvalue weighted by atomic mass is 15.2. The molecule has 0 spiro atoms. The maximum absolute atomic E-state index is 2.75. The zero-order valence-corrected chi connectivity index (χ0v) is 14.8. The van der Waals surface area contributed by atoms with E-state index in [-0.39, 0.29) is 0 Å². The topological polar surface area (TPSA) is 3.24 Å². The Balaban J connectivity index is 4.49. The fraction of sp³-hybridized carbons (Fsp3) is 1.00. The zero-order valence-electron chi connectivity index (χ0n) is 14.8. The van der Waals surface area contributed by atoms with Crippen molar-refractivity contribution in [2.75, 3.05) is 13.1 Å². The first-order valence-corrected chi connectivity index (χ1v) is 8.48. The molecule has 0 aliphatic rings.